The number of rotatable bonds is 7. The lowest BCUT2D eigenvalue weighted by Crippen LogP contribution is -2.36. The number of likely N-dealkylation sites (N-methyl/N-ethyl adjacent to an activating group) is 1. The average Bonchev–Trinajstić information content (AvgIpc) is 2.08. The maximum Gasteiger partial charge on any atom is 0.401 e. The van der Waals surface area contributed by atoms with Gasteiger partial charge in [0, 0.05) is 19.6 Å². The smallest absolute Gasteiger partial charge is 0.307 e. The molecule has 5 heteroatoms. The van der Waals surface area contributed by atoms with Crippen molar-refractivity contribution < 1.29 is 13.2 Å². The summed E-state index contributed by atoms with van der Waals surface area (Å²) < 4.78 is 35.3. The molecule has 0 aliphatic rings. The van der Waals surface area contributed by atoms with Crippen LogP contribution < -0.4 is 5.32 Å². The van der Waals surface area contributed by atoms with E-state index in [4.69, 9.17) is 0 Å². The van der Waals surface area contributed by atoms with Crippen molar-refractivity contribution in [2.24, 2.45) is 0 Å². The summed E-state index contributed by atoms with van der Waals surface area (Å²) in [5, 5.41) is 2.37. The van der Waals surface area contributed by atoms with Gasteiger partial charge in [0.25, 0.3) is 0 Å². The summed E-state index contributed by atoms with van der Waals surface area (Å²) in [5.41, 5.74) is 1.02. The summed E-state index contributed by atoms with van der Waals surface area (Å²) in [6.07, 6.45) is -4.12. The molecule has 0 aromatic heterocycles. The number of nitrogens with one attached hydrogen (secondary N) is 1. The molecule has 0 saturated heterocycles. The minimum absolute atomic E-state index is 0.348. The molecular weight excluding hydrogens is 205 g/mol. The molecule has 0 rings (SSSR count). The molecule has 0 spiro atoms. The van der Waals surface area contributed by atoms with E-state index in [0.29, 0.717) is 13.1 Å². The summed E-state index contributed by atoms with van der Waals surface area (Å²) in [4.78, 5) is 2.05. The lowest BCUT2D eigenvalue weighted by molar-refractivity contribution is -0.124. The second-order valence-corrected chi connectivity index (χ2v) is 3.62. The van der Waals surface area contributed by atoms with E-state index in [1.165, 1.54) is 0 Å². The number of nitrogens with zero attached hydrogens (tertiary/aromatic N) is 1. The van der Waals surface area contributed by atoms with E-state index in [2.05, 4.69) is 11.9 Å². The quantitative estimate of drug-likeness (QED) is 0.526. The van der Waals surface area contributed by atoms with Gasteiger partial charge in [0.2, 0.25) is 0 Å². The maximum atomic E-state index is 11.8. The fraction of sp³-hybridized carbons (Fsp3) is 0.800. The molecule has 0 aromatic rings. The average molecular weight is 224 g/mol. The molecule has 0 fully saturated rings. The molecule has 0 amide bonds. The van der Waals surface area contributed by atoms with Gasteiger partial charge in [-0.1, -0.05) is 19.1 Å². The molecule has 1 N–H and O–H groups in total. The lowest BCUT2D eigenvalue weighted by atomic mass is 10.3. The largest absolute Gasteiger partial charge is 0.401 e. The molecule has 0 bridgehead atoms. The van der Waals surface area contributed by atoms with Crippen molar-refractivity contribution in [3.05, 3.63) is 12.2 Å². The maximum absolute atomic E-state index is 11.8. The number of halogens is 3. The first kappa shape index (κ1) is 14.5. The first-order valence-electron chi connectivity index (χ1n) is 4.99. The van der Waals surface area contributed by atoms with E-state index >= 15 is 0 Å². The van der Waals surface area contributed by atoms with Crippen LogP contribution in [0, 0.1) is 0 Å². The molecule has 2 nitrogen and oxygen atoms in total. The predicted octanol–water partition coefficient (Wildman–Crippen LogP) is 2.04. The second kappa shape index (κ2) is 6.85. The first-order valence-corrected chi connectivity index (χ1v) is 4.99. The minimum Gasteiger partial charge on any atom is -0.307 e. The Morgan fingerprint density at radius 3 is 2.40 bits per heavy atom. The number of alkyl halides is 3. The monoisotopic (exact) mass is 224 g/mol. The van der Waals surface area contributed by atoms with Crippen LogP contribution in [-0.4, -0.2) is 43.8 Å². The first-order chi connectivity index (χ1) is 6.85. The zero-order valence-electron chi connectivity index (χ0n) is 9.32. The highest BCUT2D eigenvalue weighted by Gasteiger charge is 2.25. The summed E-state index contributed by atoms with van der Waals surface area (Å²) in [6.45, 7) is 9.26. The van der Waals surface area contributed by atoms with Crippen LogP contribution in [0.15, 0.2) is 12.2 Å². The van der Waals surface area contributed by atoms with Crippen LogP contribution >= 0.6 is 0 Å². The van der Waals surface area contributed by atoms with Gasteiger partial charge < -0.3 is 5.32 Å². The Morgan fingerprint density at radius 2 is 2.00 bits per heavy atom. The molecule has 15 heavy (non-hydrogen) atoms. The van der Waals surface area contributed by atoms with E-state index in [-0.39, 0.29) is 0 Å². The Morgan fingerprint density at radius 1 is 1.40 bits per heavy atom. The van der Waals surface area contributed by atoms with Crippen LogP contribution in [0.3, 0.4) is 0 Å². The van der Waals surface area contributed by atoms with E-state index in [1.54, 1.807) is 0 Å². The van der Waals surface area contributed by atoms with Crippen LogP contribution in [-0.2, 0) is 0 Å². The molecule has 0 aliphatic carbocycles. The minimum atomic E-state index is -4.12. The standard InChI is InChI=1S/C10H19F3N2/c1-4-15(7-9(2)3)6-5-14-8-10(11,12)13/h14H,2,4-8H2,1,3H3. The molecule has 0 radical (unpaired) electrons. The van der Waals surface area contributed by atoms with Gasteiger partial charge in [0.1, 0.15) is 0 Å². The van der Waals surface area contributed by atoms with Crippen LogP contribution in [0.4, 0.5) is 13.2 Å². The van der Waals surface area contributed by atoms with Crippen molar-refractivity contribution in [3.63, 3.8) is 0 Å². The van der Waals surface area contributed by atoms with Gasteiger partial charge in [-0.2, -0.15) is 13.2 Å². The Labute approximate surface area is 89.1 Å². The molecule has 0 heterocycles. The van der Waals surface area contributed by atoms with E-state index < -0.39 is 12.7 Å². The zero-order valence-corrected chi connectivity index (χ0v) is 9.32. The zero-order chi connectivity index (χ0) is 11.9. The SMILES string of the molecule is C=C(C)CN(CC)CCNCC(F)(F)F. The highest BCUT2D eigenvalue weighted by atomic mass is 19.4. The number of hydrogen-bond donors (Lipinski definition) is 1. The third kappa shape index (κ3) is 9.75. The second-order valence-electron chi connectivity index (χ2n) is 3.62. The summed E-state index contributed by atoms with van der Waals surface area (Å²) in [7, 11) is 0. The highest BCUT2D eigenvalue weighted by molar-refractivity contribution is 4.91. The van der Waals surface area contributed by atoms with Crippen molar-refractivity contribution in [1.29, 1.82) is 0 Å². The molecule has 0 saturated carbocycles. The Kier molecular flexibility index (Phi) is 6.60. The van der Waals surface area contributed by atoms with Gasteiger partial charge in [0.05, 0.1) is 6.54 Å². The molecule has 0 unspecified atom stereocenters. The number of hydrogen-bond acceptors (Lipinski definition) is 2. The fourth-order valence-corrected chi connectivity index (χ4v) is 1.20. The molecule has 0 aliphatic heterocycles. The molecule has 0 atom stereocenters. The van der Waals surface area contributed by atoms with Crippen LogP contribution in [0.5, 0.6) is 0 Å². The summed E-state index contributed by atoms with van der Waals surface area (Å²) in [6, 6.07) is 0. The molecule has 90 valence electrons. The van der Waals surface area contributed by atoms with Crippen molar-refractivity contribution >= 4 is 0 Å². The Bertz CT molecular complexity index is 190. The predicted molar refractivity (Wildman–Crippen MR) is 55.9 cm³/mol. The fourth-order valence-electron chi connectivity index (χ4n) is 1.20. The lowest BCUT2D eigenvalue weighted by Gasteiger charge is -2.20. The van der Waals surface area contributed by atoms with Gasteiger partial charge >= 0.3 is 6.18 Å². The van der Waals surface area contributed by atoms with E-state index in [0.717, 1.165) is 18.7 Å². The topological polar surface area (TPSA) is 15.3 Å². The van der Waals surface area contributed by atoms with Crippen molar-refractivity contribution in [3.8, 4) is 0 Å². The third-order valence-corrected chi connectivity index (χ3v) is 1.87. The third-order valence-electron chi connectivity index (χ3n) is 1.87. The van der Waals surface area contributed by atoms with Crippen molar-refractivity contribution in [1.82, 2.24) is 10.2 Å². The van der Waals surface area contributed by atoms with E-state index in [1.807, 2.05) is 18.7 Å². The van der Waals surface area contributed by atoms with Gasteiger partial charge in [-0.3, -0.25) is 4.90 Å². The van der Waals surface area contributed by atoms with Crippen molar-refractivity contribution in [2.75, 3.05) is 32.7 Å². The van der Waals surface area contributed by atoms with Crippen LogP contribution in [0.2, 0.25) is 0 Å². The van der Waals surface area contributed by atoms with Gasteiger partial charge in [-0.25, -0.2) is 0 Å². The molecular formula is C10H19F3N2. The Hall–Kier alpha value is -0.550. The summed E-state index contributed by atoms with van der Waals surface area (Å²) in [5.74, 6) is 0. The van der Waals surface area contributed by atoms with Crippen LogP contribution in [0.1, 0.15) is 13.8 Å². The van der Waals surface area contributed by atoms with Gasteiger partial charge in [0.15, 0.2) is 0 Å². The van der Waals surface area contributed by atoms with Crippen LogP contribution in [0.25, 0.3) is 0 Å². The highest BCUT2D eigenvalue weighted by Crippen LogP contribution is 2.11. The van der Waals surface area contributed by atoms with Gasteiger partial charge in [-0.15, -0.1) is 0 Å². The van der Waals surface area contributed by atoms with Gasteiger partial charge in [-0.05, 0) is 13.5 Å². The Balaban J connectivity index is 3.59. The summed E-state index contributed by atoms with van der Waals surface area (Å²) >= 11 is 0. The van der Waals surface area contributed by atoms with Crippen molar-refractivity contribution in [2.45, 2.75) is 20.0 Å². The van der Waals surface area contributed by atoms with E-state index in [9.17, 15) is 13.2 Å². The molecule has 0 aromatic carbocycles. The normalized spacial score (nSPS) is 12.1.